The Morgan fingerprint density at radius 1 is 1.05 bits per heavy atom. The second kappa shape index (κ2) is 6.65. The number of hydrogen-bond donors (Lipinski definition) is 1. The van der Waals surface area contributed by atoms with E-state index in [0.29, 0.717) is 0 Å². The average Bonchev–Trinajstić information content (AvgIpc) is 2.46. The van der Waals surface area contributed by atoms with Crippen molar-refractivity contribution >= 4 is 11.6 Å². The van der Waals surface area contributed by atoms with Crippen molar-refractivity contribution in [3.8, 4) is 5.75 Å². The summed E-state index contributed by atoms with van der Waals surface area (Å²) in [5, 5.41) is 2.91. The van der Waals surface area contributed by atoms with E-state index in [1.165, 1.54) is 5.56 Å². The normalized spacial score (nSPS) is 11.9. The van der Waals surface area contributed by atoms with Crippen LogP contribution in [0.2, 0.25) is 0 Å². The molecule has 0 spiro atoms. The van der Waals surface area contributed by atoms with Crippen molar-refractivity contribution < 1.29 is 9.53 Å². The fourth-order valence-corrected chi connectivity index (χ4v) is 2.31. The highest BCUT2D eigenvalue weighted by Crippen LogP contribution is 2.24. The fourth-order valence-electron chi connectivity index (χ4n) is 2.31. The van der Waals surface area contributed by atoms with Crippen LogP contribution in [0.1, 0.15) is 29.2 Å². The lowest BCUT2D eigenvalue weighted by Crippen LogP contribution is -2.30. The van der Waals surface area contributed by atoms with E-state index in [1.54, 1.807) is 6.92 Å². The molecule has 2 aromatic carbocycles. The van der Waals surface area contributed by atoms with Crippen molar-refractivity contribution in [2.45, 2.75) is 40.7 Å². The first-order chi connectivity index (χ1) is 10.4. The van der Waals surface area contributed by atoms with Gasteiger partial charge in [-0.2, -0.15) is 0 Å². The topological polar surface area (TPSA) is 38.3 Å². The molecule has 1 unspecified atom stereocenters. The first-order valence-corrected chi connectivity index (χ1v) is 7.49. The van der Waals surface area contributed by atoms with Gasteiger partial charge in [0.15, 0.2) is 6.10 Å². The van der Waals surface area contributed by atoms with Gasteiger partial charge in [0.2, 0.25) is 0 Å². The van der Waals surface area contributed by atoms with Crippen molar-refractivity contribution in [2.24, 2.45) is 0 Å². The zero-order valence-corrected chi connectivity index (χ0v) is 13.9. The highest BCUT2D eigenvalue weighted by atomic mass is 16.5. The molecule has 0 aromatic heterocycles. The van der Waals surface area contributed by atoms with Crippen LogP contribution < -0.4 is 10.1 Å². The Balaban J connectivity index is 2.11. The molecule has 0 saturated carbocycles. The number of anilines is 1. The standard InChI is InChI=1S/C19H23NO2/c1-12-10-14(3)15(4)18(11-12)22-16(5)19(21)20-17-9-7-6-8-13(17)2/h6-11,16H,1-5H3,(H,20,21). The van der Waals surface area contributed by atoms with Crippen molar-refractivity contribution in [1.82, 2.24) is 0 Å². The van der Waals surface area contributed by atoms with E-state index < -0.39 is 6.10 Å². The number of benzene rings is 2. The number of carbonyl (C=O) groups is 1. The highest BCUT2D eigenvalue weighted by Gasteiger charge is 2.17. The van der Waals surface area contributed by atoms with Crippen LogP contribution in [0.15, 0.2) is 36.4 Å². The maximum absolute atomic E-state index is 12.3. The lowest BCUT2D eigenvalue weighted by atomic mass is 10.1. The summed E-state index contributed by atoms with van der Waals surface area (Å²) < 4.78 is 5.87. The van der Waals surface area contributed by atoms with Crippen LogP contribution in [0.3, 0.4) is 0 Å². The number of nitrogens with one attached hydrogen (secondary N) is 1. The van der Waals surface area contributed by atoms with Crippen molar-refractivity contribution in [2.75, 3.05) is 5.32 Å². The molecule has 1 N–H and O–H groups in total. The number of amides is 1. The molecular formula is C19H23NO2. The number of rotatable bonds is 4. The van der Waals surface area contributed by atoms with E-state index in [9.17, 15) is 4.79 Å². The molecule has 3 heteroatoms. The smallest absolute Gasteiger partial charge is 0.265 e. The Bertz CT molecular complexity index is 692. The van der Waals surface area contributed by atoms with Gasteiger partial charge < -0.3 is 10.1 Å². The van der Waals surface area contributed by atoms with E-state index in [-0.39, 0.29) is 5.91 Å². The van der Waals surface area contributed by atoms with E-state index in [4.69, 9.17) is 4.74 Å². The third kappa shape index (κ3) is 3.67. The summed E-state index contributed by atoms with van der Waals surface area (Å²) in [6.45, 7) is 9.82. The summed E-state index contributed by atoms with van der Waals surface area (Å²) in [5.41, 5.74) is 5.22. The van der Waals surface area contributed by atoms with Gasteiger partial charge in [-0.05, 0) is 69.0 Å². The van der Waals surface area contributed by atoms with Gasteiger partial charge in [-0.1, -0.05) is 24.3 Å². The third-order valence-electron chi connectivity index (χ3n) is 3.84. The first kappa shape index (κ1) is 16.1. The number of ether oxygens (including phenoxy) is 1. The molecule has 0 saturated heterocycles. The molecule has 1 amide bonds. The number of hydrogen-bond acceptors (Lipinski definition) is 2. The van der Waals surface area contributed by atoms with Crippen LogP contribution in [0.25, 0.3) is 0 Å². The van der Waals surface area contributed by atoms with Crippen LogP contribution in [0.5, 0.6) is 5.75 Å². The van der Waals surface area contributed by atoms with Crippen LogP contribution in [-0.4, -0.2) is 12.0 Å². The van der Waals surface area contributed by atoms with E-state index in [2.05, 4.69) is 11.4 Å². The predicted molar refractivity (Wildman–Crippen MR) is 90.6 cm³/mol. The highest BCUT2D eigenvalue weighted by molar-refractivity contribution is 5.94. The molecule has 0 heterocycles. The maximum atomic E-state index is 12.3. The zero-order chi connectivity index (χ0) is 16.3. The SMILES string of the molecule is Cc1cc(C)c(C)c(OC(C)C(=O)Nc2ccccc2C)c1. The fraction of sp³-hybridized carbons (Fsp3) is 0.316. The summed E-state index contributed by atoms with van der Waals surface area (Å²) in [6.07, 6.45) is -0.556. The monoisotopic (exact) mass is 297 g/mol. The molecule has 116 valence electrons. The summed E-state index contributed by atoms with van der Waals surface area (Å²) in [4.78, 5) is 12.3. The molecule has 2 rings (SSSR count). The Hall–Kier alpha value is -2.29. The summed E-state index contributed by atoms with van der Waals surface area (Å²) in [5.74, 6) is 0.623. The van der Waals surface area contributed by atoms with Gasteiger partial charge in [-0.15, -0.1) is 0 Å². The zero-order valence-electron chi connectivity index (χ0n) is 13.9. The summed E-state index contributed by atoms with van der Waals surface area (Å²) in [6, 6.07) is 11.8. The van der Waals surface area contributed by atoms with Gasteiger partial charge in [0.05, 0.1) is 0 Å². The van der Waals surface area contributed by atoms with Crippen LogP contribution in [-0.2, 0) is 4.79 Å². The Morgan fingerprint density at radius 2 is 1.73 bits per heavy atom. The second-order valence-corrected chi connectivity index (χ2v) is 5.77. The minimum absolute atomic E-state index is 0.146. The summed E-state index contributed by atoms with van der Waals surface area (Å²) in [7, 11) is 0. The van der Waals surface area contributed by atoms with E-state index >= 15 is 0 Å². The van der Waals surface area contributed by atoms with Crippen molar-refractivity contribution in [3.05, 3.63) is 58.7 Å². The van der Waals surface area contributed by atoms with Crippen LogP contribution in [0.4, 0.5) is 5.69 Å². The lowest BCUT2D eigenvalue weighted by Gasteiger charge is -2.18. The first-order valence-electron chi connectivity index (χ1n) is 7.49. The van der Waals surface area contributed by atoms with Gasteiger partial charge in [0.1, 0.15) is 5.75 Å². The van der Waals surface area contributed by atoms with Crippen molar-refractivity contribution in [1.29, 1.82) is 0 Å². The Labute approximate surface area is 132 Å². The molecule has 0 bridgehead atoms. The molecule has 22 heavy (non-hydrogen) atoms. The minimum atomic E-state index is -0.556. The molecule has 0 aliphatic carbocycles. The maximum Gasteiger partial charge on any atom is 0.265 e. The molecule has 0 aliphatic rings. The number of para-hydroxylation sites is 1. The lowest BCUT2D eigenvalue weighted by molar-refractivity contribution is -0.122. The predicted octanol–water partition coefficient (Wildman–Crippen LogP) is 4.33. The van der Waals surface area contributed by atoms with Crippen LogP contribution >= 0.6 is 0 Å². The third-order valence-corrected chi connectivity index (χ3v) is 3.84. The molecule has 3 nitrogen and oxygen atoms in total. The number of aryl methyl sites for hydroxylation is 3. The van der Waals surface area contributed by atoms with Gasteiger partial charge in [0.25, 0.3) is 5.91 Å². The van der Waals surface area contributed by atoms with Gasteiger partial charge in [-0.25, -0.2) is 0 Å². The average molecular weight is 297 g/mol. The van der Waals surface area contributed by atoms with Gasteiger partial charge in [-0.3, -0.25) is 4.79 Å². The van der Waals surface area contributed by atoms with Gasteiger partial charge in [0, 0.05) is 5.69 Å². The van der Waals surface area contributed by atoms with E-state index in [0.717, 1.165) is 28.1 Å². The quantitative estimate of drug-likeness (QED) is 0.912. The molecule has 1 atom stereocenters. The van der Waals surface area contributed by atoms with Crippen LogP contribution in [0, 0.1) is 27.7 Å². The molecular weight excluding hydrogens is 274 g/mol. The Kier molecular flexibility index (Phi) is 4.86. The molecule has 2 aromatic rings. The molecule has 0 fully saturated rings. The van der Waals surface area contributed by atoms with Crippen molar-refractivity contribution in [3.63, 3.8) is 0 Å². The second-order valence-electron chi connectivity index (χ2n) is 5.77. The molecule has 0 aliphatic heterocycles. The van der Waals surface area contributed by atoms with Gasteiger partial charge >= 0.3 is 0 Å². The minimum Gasteiger partial charge on any atom is -0.481 e. The molecule has 0 radical (unpaired) electrons. The Morgan fingerprint density at radius 3 is 2.41 bits per heavy atom. The largest absolute Gasteiger partial charge is 0.481 e. The summed E-state index contributed by atoms with van der Waals surface area (Å²) >= 11 is 0. The van der Waals surface area contributed by atoms with E-state index in [1.807, 2.05) is 58.0 Å². The number of carbonyl (C=O) groups excluding carboxylic acids is 1.